The molecule has 0 unspecified atom stereocenters. The molecule has 14 heteroatoms. The van der Waals surface area contributed by atoms with E-state index in [1.54, 1.807) is 0 Å². The van der Waals surface area contributed by atoms with Crippen molar-refractivity contribution in [2.75, 3.05) is 0 Å². The Morgan fingerprint density at radius 2 is 1.32 bits per heavy atom. The Hall–Kier alpha value is -1.77. The fourth-order valence-electron chi connectivity index (χ4n) is 1.83. The van der Waals surface area contributed by atoms with Gasteiger partial charge >= 0.3 is 20.6 Å². The molecule has 0 heterocycles. The molecule has 2 rings (SSSR count). The summed E-state index contributed by atoms with van der Waals surface area (Å²) in [6, 6.07) is 4.56. The fraction of sp³-hybridized carbons (Fsp3) is 0.143. The number of thioether (sulfide) groups is 1. The maximum atomic E-state index is 13.8. The van der Waals surface area contributed by atoms with E-state index in [-0.39, 0.29) is 6.07 Å². The molecule has 0 radical (unpaired) electrons. The Bertz CT molecular complexity index is 1100. The van der Waals surface area contributed by atoms with Gasteiger partial charge in [-0.15, -0.1) is 0 Å². The van der Waals surface area contributed by atoms with E-state index in [0.717, 1.165) is 24.3 Å². The molecule has 0 aliphatic carbocycles. The normalized spacial score (nSPS) is 13.5. The molecule has 0 saturated carbocycles. The minimum absolute atomic E-state index is 0.284. The van der Waals surface area contributed by atoms with Crippen molar-refractivity contribution in [2.24, 2.45) is 0 Å². The van der Waals surface area contributed by atoms with Crippen molar-refractivity contribution in [3.8, 4) is 0 Å². The molecule has 0 fully saturated rings. The van der Waals surface area contributed by atoms with Crippen LogP contribution in [0.3, 0.4) is 0 Å². The molecule has 1 N–H and O–H groups in total. The Kier molecular flexibility index (Phi) is 5.82. The van der Waals surface area contributed by atoms with Crippen molar-refractivity contribution >= 4 is 31.7 Å². The summed E-state index contributed by atoms with van der Waals surface area (Å²) in [6.45, 7) is 0. The van der Waals surface area contributed by atoms with Gasteiger partial charge in [-0.05, 0) is 54.2 Å². The summed E-state index contributed by atoms with van der Waals surface area (Å²) in [5.74, 6) is -2.32. The quantitative estimate of drug-likeness (QED) is 0.300. The third-order valence-electron chi connectivity index (χ3n) is 3.24. The van der Waals surface area contributed by atoms with Gasteiger partial charge in [-0.3, -0.25) is 4.55 Å². The standard InChI is InChI=1S/C14H8F6O5S3/c15-8-1-3-9(4-2-8)27(21,22)10-5-6-11(16)12(7-10)26-13(17,18)14(19,20)28(23,24)25/h1-7H,(H,23,24,25). The highest BCUT2D eigenvalue weighted by molar-refractivity contribution is 8.01. The molecular formula is C14H8F6O5S3. The van der Waals surface area contributed by atoms with E-state index in [2.05, 4.69) is 0 Å². The van der Waals surface area contributed by atoms with Gasteiger partial charge in [-0.25, -0.2) is 17.2 Å². The molecule has 0 amide bonds. The molecule has 0 aliphatic heterocycles. The zero-order valence-corrected chi connectivity index (χ0v) is 15.6. The molecule has 0 atom stereocenters. The smallest absolute Gasteiger partial charge is 0.281 e. The van der Waals surface area contributed by atoms with Crippen molar-refractivity contribution in [3.05, 3.63) is 54.1 Å². The first kappa shape index (κ1) is 22.5. The second kappa shape index (κ2) is 7.24. The number of hydrogen-bond donors (Lipinski definition) is 1. The third kappa shape index (κ3) is 4.14. The molecule has 0 aromatic heterocycles. The molecular weight excluding hydrogens is 458 g/mol. The van der Waals surface area contributed by atoms with Crippen LogP contribution in [0.5, 0.6) is 0 Å². The van der Waals surface area contributed by atoms with Crippen LogP contribution in [0.1, 0.15) is 0 Å². The van der Waals surface area contributed by atoms with Gasteiger partial charge in [0.2, 0.25) is 9.84 Å². The van der Waals surface area contributed by atoms with Gasteiger partial charge < -0.3 is 0 Å². The number of hydrogen-bond acceptors (Lipinski definition) is 5. The van der Waals surface area contributed by atoms with Gasteiger partial charge in [0.1, 0.15) is 11.6 Å². The topological polar surface area (TPSA) is 88.5 Å². The SMILES string of the molecule is O=S(=O)(c1ccc(F)cc1)c1ccc(F)c(SC(F)(F)C(F)(F)S(=O)(=O)O)c1. The number of halogens is 6. The van der Waals surface area contributed by atoms with Gasteiger partial charge in [-0.1, -0.05) is 0 Å². The molecule has 154 valence electrons. The summed E-state index contributed by atoms with van der Waals surface area (Å²) in [7, 11) is -11.0. The maximum absolute atomic E-state index is 13.8. The van der Waals surface area contributed by atoms with Crippen LogP contribution < -0.4 is 0 Å². The van der Waals surface area contributed by atoms with Gasteiger partial charge in [-0.2, -0.15) is 26.0 Å². The molecule has 0 aliphatic rings. The van der Waals surface area contributed by atoms with Gasteiger partial charge in [0.15, 0.2) is 0 Å². The van der Waals surface area contributed by atoms with E-state index < -0.39 is 68.5 Å². The lowest BCUT2D eigenvalue weighted by Crippen LogP contribution is -2.44. The summed E-state index contributed by atoms with van der Waals surface area (Å²) in [6.07, 6.45) is 0. The Morgan fingerprint density at radius 3 is 1.82 bits per heavy atom. The lowest BCUT2D eigenvalue weighted by atomic mass is 10.3. The number of alkyl halides is 4. The van der Waals surface area contributed by atoms with E-state index in [9.17, 15) is 43.2 Å². The first-order valence-electron chi connectivity index (χ1n) is 6.81. The van der Waals surface area contributed by atoms with Crippen LogP contribution in [0.4, 0.5) is 26.3 Å². The van der Waals surface area contributed by atoms with Gasteiger partial charge in [0, 0.05) is 0 Å². The van der Waals surface area contributed by atoms with Crippen LogP contribution in [0, 0.1) is 11.6 Å². The van der Waals surface area contributed by atoms with Crippen LogP contribution in [0.15, 0.2) is 57.2 Å². The molecule has 0 spiro atoms. The summed E-state index contributed by atoms with van der Waals surface area (Å²) in [4.78, 5) is -2.61. The predicted molar refractivity (Wildman–Crippen MR) is 85.6 cm³/mol. The zero-order valence-electron chi connectivity index (χ0n) is 13.1. The molecule has 28 heavy (non-hydrogen) atoms. The Balaban J connectivity index is 2.51. The first-order valence-corrected chi connectivity index (χ1v) is 10.6. The monoisotopic (exact) mass is 466 g/mol. The highest BCUT2D eigenvalue weighted by Gasteiger charge is 2.66. The first-order chi connectivity index (χ1) is 12.6. The van der Waals surface area contributed by atoms with Crippen LogP contribution in [-0.2, 0) is 20.0 Å². The van der Waals surface area contributed by atoms with Crippen LogP contribution in [0.25, 0.3) is 0 Å². The average Bonchev–Trinajstić information content (AvgIpc) is 2.55. The minimum atomic E-state index is -6.56. The zero-order chi connectivity index (χ0) is 21.5. The number of benzene rings is 2. The summed E-state index contributed by atoms with van der Waals surface area (Å²) in [5.41, 5.74) is 0. The van der Waals surface area contributed by atoms with Crippen molar-refractivity contribution in [1.82, 2.24) is 0 Å². The average molecular weight is 466 g/mol. The van der Waals surface area contributed by atoms with Gasteiger partial charge in [0.25, 0.3) is 0 Å². The number of sulfone groups is 1. The highest BCUT2D eigenvalue weighted by Crippen LogP contribution is 2.50. The van der Waals surface area contributed by atoms with E-state index in [1.807, 2.05) is 0 Å². The molecule has 0 bridgehead atoms. The van der Waals surface area contributed by atoms with Crippen molar-refractivity contribution in [2.45, 2.75) is 25.2 Å². The predicted octanol–water partition coefficient (Wildman–Crippen LogP) is 3.96. The lowest BCUT2D eigenvalue weighted by molar-refractivity contribution is -0.0947. The van der Waals surface area contributed by atoms with Crippen molar-refractivity contribution in [1.29, 1.82) is 0 Å². The number of rotatable bonds is 6. The fourth-order valence-corrected chi connectivity index (χ4v) is 4.68. The second-order valence-corrected chi connectivity index (χ2v) is 9.73. The second-order valence-electron chi connectivity index (χ2n) is 5.16. The van der Waals surface area contributed by atoms with Crippen molar-refractivity contribution < 1.29 is 47.7 Å². The largest absolute Gasteiger partial charge is 0.442 e. The maximum Gasteiger partial charge on any atom is 0.442 e. The Morgan fingerprint density at radius 1 is 0.821 bits per heavy atom. The molecule has 5 nitrogen and oxygen atoms in total. The van der Waals surface area contributed by atoms with Gasteiger partial charge in [0.05, 0.1) is 14.7 Å². The van der Waals surface area contributed by atoms with Crippen LogP contribution in [0.2, 0.25) is 0 Å². The van der Waals surface area contributed by atoms with E-state index in [1.165, 1.54) is 0 Å². The molecule has 2 aromatic rings. The van der Waals surface area contributed by atoms with Crippen LogP contribution in [-0.4, -0.2) is 31.9 Å². The molecule has 2 aromatic carbocycles. The van der Waals surface area contributed by atoms with Crippen molar-refractivity contribution in [3.63, 3.8) is 0 Å². The van der Waals surface area contributed by atoms with E-state index in [0.29, 0.717) is 12.1 Å². The van der Waals surface area contributed by atoms with Crippen LogP contribution >= 0.6 is 11.8 Å². The van der Waals surface area contributed by atoms with E-state index in [4.69, 9.17) is 4.55 Å². The minimum Gasteiger partial charge on any atom is -0.281 e. The summed E-state index contributed by atoms with van der Waals surface area (Å²) < 4.78 is 135. The third-order valence-corrected chi connectivity index (χ3v) is 7.08. The van der Waals surface area contributed by atoms with E-state index >= 15 is 0 Å². The lowest BCUT2D eigenvalue weighted by Gasteiger charge is -2.23. The highest BCUT2D eigenvalue weighted by atomic mass is 32.2. The summed E-state index contributed by atoms with van der Waals surface area (Å²) >= 11 is -1.29. The Labute approximate surface area is 159 Å². The summed E-state index contributed by atoms with van der Waals surface area (Å²) in [5, 5.41) is -11.5. The molecule has 0 saturated heterocycles.